The van der Waals surface area contributed by atoms with Gasteiger partial charge in [-0.1, -0.05) is 36.4 Å². The molecule has 0 saturated heterocycles. The van der Waals surface area contributed by atoms with Gasteiger partial charge in [0.15, 0.2) is 0 Å². The highest BCUT2D eigenvalue weighted by Gasteiger charge is 2.05. The molecule has 114 valence electrons. The molecule has 0 saturated carbocycles. The number of rotatable bonds is 5. The molecule has 3 heteroatoms. The van der Waals surface area contributed by atoms with E-state index in [1.54, 1.807) is 6.08 Å². The van der Waals surface area contributed by atoms with Crippen molar-refractivity contribution < 1.29 is 0 Å². The molecule has 23 heavy (non-hydrogen) atoms. The van der Waals surface area contributed by atoms with Crippen LogP contribution in [0.4, 0.5) is 5.69 Å². The molecule has 0 spiro atoms. The van der Waals surface area contributed by atoms with Crippen molar-refractivity contribution in [2.45, 2.75) is 13.3 Å². The Labute approximate surface area is 137 Å². The first-order valence-electron chi connectivity index (χ1n) is 7.51. The van der Waals surface area contributed by atoms with Crippen LogP contribution in [0.1, 0.15) is 16.7 Å². The van der Waals surface area contributed by atoms with Gasteiger partial charge in [0.1, 0.15) is 17.7 Å². The number of benzene rings is 2. The van der Waals surface area contributed by atoms with Gasteiger partial charge in [-0.15, -0.1) is 0 Å². The van der Waals surface area contributed by atoms with Crippen LogP contribution in [0.15, 0.2) is 54.1 Å². The zero-order valence-corrected chi connectivity index (χ0v) is 13.5. The first kappa shape index (κ1) is 16.3. The molecule has 0 unspecified atom stereocenters. The fourth-order valence-corrected chi connectivity index (χ4v) is 2.37. The number of nitriles is 2. The molecule has 0 aliphatic carbocycles. The van der Waals surface area contributed by atoms with E-state index in [0.717, 1.165) is 29.8 Å². The molecule has 0 fully saturated rings. The number of nitrogens with zero attached hydrogens (tertiary/aromatic N) is 3. The lowest BCUT2D eigenvalue weighted by Crippen LogP contribution is -2.20. The van der Waals surface area contributed by atoms with Gasteiger partial charge in [0, 0.05) is 19.3 Å². The topological polar surface area (TPSA) is 50.8 Å². The summed E-state index contributed by atoms with van der Waals surface area (Å²) in [5, 5.41) is 17.7. The molecule has 0 N–H and O–H groups in total. The van der Waals surface area contributed by atoms with E-state index in [1.807, 2.05) is 37.3 Å². The van der Waals surface area contributed by atoms with E-state index in [4.69, 9.17) is 10.5 Å². The molecule has 0 heterocycles. The summed E-state index contributed by atoms with van der Waals surface area (Å²) in [5.41, 5.74) is 4.54. The summed E-state index contributed by atoms with van der Waals surface area (Å²) >= 11 is 0. The maximum absolute atomic E-state index is 8.85. The minimum absolute atomic E-state index is 0.123. The first-order valence-corrected chi connectivity index (χ1v) is 7.51. The van der Waals surface area contributed by atoms with Crippen molar-refractivity contribution in [3.05, 3.63) is 70.8 Å². The van der Waals surface area contributed by atoms with Crippen LogP contribution >= 0.6 is 0 Å². The Hall–Kier alpha value is -3.04. The van der Waals surface area contributed by atoms with Gasteiger partial charge >= 0.3 is 0 Å². The Morgan fingerprint density at radius 1 is 1.09 bits per heavy atom. The van der Waals surface area contributed by atoms with Gasteiger partial charge in [-0.3, -0.25) is 0 Å². The van der Waals surface area contributed by atoms with Crippen LogP contribution in [-0.2, 0) is 6.42 Å². The summed E-state index contributed by atoms with van der Waals surface area (Å²) in [6.45, 7) is 2.92. The number of anilines is 1. The maximum atomic E-state index is 8.85. The molecule has 0 aromatic heterocycles. The Balaban J connectivity index is 2.09. The van der Waals surface area contributed by atoms with E-state index in [9.17, 15) is 0 Å². The van der Waals surface area contributed by atoms with E-state index < -0.39 is 0 Å². The van der Waals surface area contributed by atoms with Crippen LogP contribution in [0.3, 0.4) is 0 Å². The predicted octanol–water partition coefficient (Wildman–Crippen LogP) is 4.10. The van der Waals surface area contributed by atoms with E-state index in [1.165, 1.54) is 5.56 Å². The van der Waals surface area contributed by atoms with Crippen LogP contribution < -0.4 is 4.90 Å². The first-order chi connectivity index (χ1) is 11.1. The van der Waals surface area contributed by atoms with Crippen molar-refractivity contribution in [1.82, 2.24) is 0 Å². The van der Waals surface area contributed by atoms with Crippen molar-refractivity contribution >= 4 is 11.8 Å². The van der Waals surface area contributed by atoms with E-state index >= 15 is 0 Å². The molecule has 0 aliphatic rings. The van der Waals surface area contributed by atoms with Gasteiger partial charge < -0.3 is 4.90 Å². The van der Waals surface area contributed by atoms with Crippen molar-refractivity contribution in [2.75, 3.05) is 18.5 Å². The third-order valence-electron chi connectivity index (χ3n) is 3.81. The average molecular weight is 301 g/mol. The number of hydrogen-bond donors (Lipinski definition) is 0. The fraction of sp³-hybridized carbons (Fsp3) is 0.200. The molecule has 0 bridgehead atoms. The summed E-state index contributed by atoms with van der Waals surface area (Å²) in [7, 11) is 2.07. The number of aryl methyl sites for hydroxylation is 1. The lowest BCUT2D eigenvalue weighted by atomic mass is 10.0. The van der Waals surface area contributed by atoms with Gasteiger partial charge in [-0.2, -0.15) is 10.5 Å². The molecule has 3 nitrogen and oxygen atoms in total. The lowest BCUT2D eigenvalue weighted by molar-refractivity contribution is 0.876. The van der Waals surface area contributed by atoms with Gasteiger partial charge in [-0.05, 0) is 48.2 Å². The SMILES string of the molecule is Cc1cc(N(C)CCc2ccccc2)ccc1C=C(C#N)C#N. The summed E-state index contributed by atoms with van der Waals surface area (Å²) < 4.78 is 0. The monoisotopic (exact) mass is 301 g/mol. The predicted molar refractivity (Wildman–Crippen MR) is 93.8 cm³/mol. The standard InChI is InChI=1S/C20H19N3/c1-16-12-20(9-8-19(16)13-18(14-21)15-22)23(2)11-10-17-6-4-3-5-7-17/h3-9,12-13H,10-11H2,1-2H3. The van der Waals surface area contributed by atoms with Gasteiger partial charge in [-0.25, -0.2) is 0 Å². The Morgan fingerprint density at radius 3 is 2.39 bits per heavy atom. The number of hydrogen-bond acceptors (Lipinski definition) is 3. The maximum Gasteiger partial charge on any atom is 0.130 e. The summed E-state index contributed by atoms with van der Waals surface area (Å²) in [4.78, 5) is 2.21. The van der Waals surface area contributed by atoms with Crippen molar-refractivity contribution in [1.29, 1.82) is 10.5 Å². The summed E-state index contributed by atoms with van der Waals surface area (Å²) in [6.07, 6.45) is 2.62. The Bertz CT molecular complexity index is 761. The zero-order valence-electron chi connectivity index (χ0n) is 13.5. The molecular weight excluding hydrogens is 282 g/mol. The van der Waals surface area contributed by atoms with E-state index in [0.29, 0.717) is 0 Å². The highest BCUT2D eigenvalue weighted by molar-refractivity contribution is 5.66. The molecule has 0 amide bonds. The van der Waals surface area contributed by atoms with Crippen LogP contribution in [0.5, 0.6) is 0 Å². The van der Waals surface area contributed by atoms with Crippen LogP contribution in [0.2, 0.25) is 0 Å². The second-order valence-electron chi connectivity index (χ2n) is 5.48. The number of likely N-dealkylation sites (N-methyl/N-ethyl adjacent to an activating group) is 1. The molecule has 2 rings (SSSR count). The highest BCUT2D eigenvalue weighted by atomic mass is 15.1. The minimum atomic E-state index is 0.123. The molecule has 2 aromatic rings. The summed E-state index contributed by atoms with van der Waals surface area (Å²) in [6, 6.07) is 20.3. The van der Waals surface area contributed by atoms with Gasteiger partial charge in [0.05, 0.1) is 0 Å². The van der Waals surface area contributed by atoms with Crippen molar-refractivity contribution in [2.24, 2.45) is 0 Å². The van der Waals surface area contributed by atoms with Gasteiger partial charge in [0.25, 0.3) is 0 Å². The molecular formula is C20H19N3. The minimum Gasteiger partial charge on any atom is -0.374 e. The molecule has 0 aliphatic heterocycles. The molecule has 0 radical (unpaired) electrons. The largest absolute Gasteiger partial charge is 0.374 e. The smallest absolute Gasteiger partial charge is 0.130 e. The second-order valence-corrected chi connectivity index (χ2v) is 5.48. The Kier molecular flexibility index (Phi) is 5.56. The van der Waals surface area contributed by atoms with Crippen LogP contribution in [0, 0.1) is 29.6 Å². The van der Waals surface area contributed by atoms with E-state index in [-0.39, 0.29) is 5.57 Å². The van der Waals surface area contributed by atoms with Crippen LogP contribution in [-0.4, -0.2) is 13.6 Å². The van der Waals surface area contributed by atoms with Crippen molar-refractivity contribution in [3.8, 4) is 12.1 Å². The molecule has 2 aromatic carbocycles. The fourth-order valence-electron chi connectivity index (χ4n) is 2.37. The zero-order chi connectivity index (χ0) is 16.7. The third kappa shape index (κ3) is 4.46. The molecule has 0 atom stereocenters. The second kappa shape index (κ2) is 7.82. The average Bonchev–Trinajstić information content (AvgIpc) is 2.59. The van der Waals surface area contributed by atoms with Gasteiger partial charge in [0.2, 0.25) is 0 Å². The van der Waals surface area contributed by atoms with Crippen LogP contribution in [0.25, 0.3) is 6.08 Å². The summed E-state index contributed by atoms with van der Waals surface area (Å²) in [5.74, 6) is 0. The van der Waals surface area contributed by atoms with E-state index in [2.05, 4.69) is 42.3 Å². The normalized spacial score (nSPS) is 9.57. The quantitative estimate of drug-likeness (QED) is 0.781. The van der Waals surface area contributed by atoms with Crippen molar-refractivity contribution in [3.63, 3.8) is 0 Å². The Morgan fingerprint density at radius 2 is 1.78 bits per heavy atom. The lowest BCUT2D eigenvalue weighted by Gasteiger charge is -2.20. The third-order valence-corrected chi connectivity index (χ3v) is 3.81. The highest BCUT2D eigenvalue weighted by Crippen LogP contribution is 2.20. The number of allylic oxidation sites excluding steroid dienone is 1.